The van der Waals surface area contributed by atoms with Gasteiger partial charge in [0.15, 0.2) is 0 Å². The van der Waals surface area contributed by atoms with E-state index in [1.807, 2.05) is 29.1 Å². The van der Waals surface area contributed by atoms with Gasteiger partial charge in [-0.05, 0) is 18.2 Å². The van der Waals surface area contributed by atoms with E-state index in [-0.39, 0.29) is 0 Å². The third-order valence-electron chi connectivity index (χ3n) is 2.58. The molecule has 1 aromatic heterocycles. The predicted molar refractivity (Wildman–Crippen MR) is 79.9 cm³/mol. The van der Waals surface area contributed by atoms with Gasteiger partial charge in [0, 0.05) is 28.6 Å². The summed E-state index contributed by atoms with van der Waals surface area (Å²) < 4.78 is 5.81. The molecule has 2 aromatic rings. The Kier molecular flexibility index (Phi) is 5.19. The van der Waals surface area contributed by atoms with E-state index in [9.17, 15) is 0 Å². The number of hydrogen-bond donors (Lipinski definition) is 1. The van der Waals surface area contributed by atoms with Crippen LogP contribution in [0.2, 0.25) is 5.02 Å². The first kappa shape index (κ1) is 14.3. The fourth-order valence-corrected chi connectivity index (χ4v) is 2.34. The van der Waals surface area contributed by atoms with Gasteiger partial charge in [-0.3, -0.25) is 0 Å². The zero-order valence-electron chi connectivity index (χ0n) is 11.0. The summed E-state index contributed by atoms with van der Waals surface area (Å²) >= 11 is 7.61. The van der Waals surface area contributed by atoms with Crippen molar-refractivity contribution in [2.24, 2.45) is 0 Å². The Morgan fingerprint density at radius 2 is 2.26 bits per heavy atom. The summed E-state index contributed by atoms with van der Waals surface area (Å²) in [5, 5.41) is 6.08. The van der Waals surface area contributed by atoms with Crippen molar-refractivity contribution in [3.63, 3.8) is 0 Å². The molecule has 0 radical (unpaired) electrons. The van der Waals surface area contributed by atoms with E-state index < -0.39 is 0 Å². The molecule has 0 aliphatic carbocycles. The molecule has 3 nitrogen and oxygen atoms in total. The second kappa shape index (κ2) is 6.89. The van der Waals surface area contributed by atoms with Crippen molar-refractivity contribution in [2.45, 2.75) is 33.0 Å². The van der Waals surface area contributed by atoms with Crippen LogP contribution >= 0.6 is 22.9 Å². The summed E-state index contributed by atoms with van der Waals surface area (Å²) in [6.45, 7) is 5.45. The van der Waals surface area contributed by atoms with E-state index >= 15 is 0 Å². The van der Waals surface area contributed by atoms with E-state index in [0.717, 1.165) is 28.6 Å². The molecule has 1 aromatic carbocycles. The van der Waals surface area contributed by atoms with Gasteiger partial charge >= 0.3 is 0 Å². The molecule has 0 aliphatic rings. The smallest absolute Gasteiger partial charge is 0.131 e. The van der Waals surface area contributed by atoms with Crippen molar-refractivity contribution in [2.75, 3.05) is 0 Å². The van der Waals surface area contributed by atoms with Gasteiger partial charge in [0.1, 0.15) is 12.4 Å². The number of rotatable bonds is 6. The second-order valence-electron chi connectivity index (χ2n) is 4.56. The monoisotopic (exact) mass is 296 g/mol. The molecule has 2 rings (SSSR count). The van der Waals surface area contributed by atoms with Gasteiger partial charge in [-0.15, -0.1) is 11.3 Å². The molecule has 5 heteroatoms. The predicted octanol–water partition coefficient (Wildman–Crippen LogP) is 3.87. The molecule has 0 saturated heterocycles. The van der Waals surface area contributed by atoms with Crippen molar-refractivity contribution in [1.29, 1.82) is 0 Å². The number of hydrogen-bond acceptors (Lipinski definition) is 4. The first-order valence-corrected chi connectivity index (χ1v) is 7.49. The van der Waals surface area contributed by atoms with Crippen LogP contribution in [-0.4, -0.2) is 11.0 Å². The fourth-order valence-electron chi connectivity index (χ4n) is 1.60. The Bertz CT molecular complexity index is 514. The number of aromatic nitrogens is 1. The van der Waals surface area contributed by atoms with Crippen molar-refractivity contribution in [3.05, 3.63) is 45.4 Å². The van der Waals surface area contributed by atoms with Gasteiger partial charge in [-0.25, -0.2) is 4.98 Å². The van der Waals surface area contributed by atoms with Crippen molar-refractivity contribution in [1.82, 2.24) is 10.3 Å². The number of halogens is 1. The normalized spacial score (nSPS) is 10.9. The number of benzene rings is 1. The van der Waals surface area contributed by atoms with Gasteiger partial charge in [0.2, 0.25) is 0 Å². The average molecular weight is 297 g/mol. The summed E-state index contributed by atoms with van der Waals surface area (Å²) in [7, 11) is 0. The van der Waals surface area contributed by atoms with Crippen LogP contribution in [-0.2, 0) is 13.2 Å². The molecule has 0 fully saturated rings. The molecule has 1 N–H and O–H groups in total. The van der Waals surface area contributed by atoms with E-state index in [1.165, 1.54) is 0 Å². The Morgan fingerprint density at radius 3 is 2.95 bits per heavy atom. The molecule has 0 amide bonds. The second-order valence-corrected chi connectivity index (χ2v) is 5.71. The third-order valence-corrected chi connectivity index (χ3v) is 3.45. The van der Waals surface area contributed by atoms with Gasteiger partial charge < -0.3 is 10.1 Å². The molecule has 0 aliphatic heterocycles. The lowest BCUT2D eigenvalue weighted by molar-refractivity contribution is 0.298. The van der Waals surface area contributed by atoms with Gasteiger partial charge in [0.25, 0.3) is 0 Å². The zero-order chi connectivity index (χ0) is 13.7. The van der Waals surface area contributed by atoms with Crippen LogP contribution in [0.15, 0.2) is 29.1 Å². The summed E-state index contributed by atoms with van der Waals surface area (Å²) in [5.41, 5.74) is 3.82. The molecule has 19 heavy (non-hydrogen) atoms. The van der Waals surface area contributed by atoms with E-state index in [4.69, 9.17) is 16.3 Å². The maximum atomic E-state index is 6.04. The summed E-state index contributed by atoms with van der Waals surface area (Å²) in [5.74, 6) is 0.852. The molecule has 0 atom stereocenters. The minimum Gasteiger partial charge on any atom is -0.487 e. The largest absolute Gasteiger partial charge is 0.487 e. The highest BCUT2D eigenvalue weighted by Crippen LogP contribution is 2.24. The lowest BCUT2D eigenvalue weighted by atomic mass is 10.2. The van der Waals surface area contributed by atoms with Crippen LogP contribution in [0.4, 0.5) is 0 Å². The molecule has 0 spiro atoms. The molecule has 0 bridgehead atoms. The van der Waals surface area contributed by atoms with E-state index in [2.05, 4.69) is 24.1 Å². The number of ether oxygens (including phenoxy) is 1. The van der Waals surface area contributed by atoms with E-state index in [1.54, 1.807) is 11.3 Å². The van der Waals surface area contributed by atoms with Crippen LogP contribution < -0.4 is 10.1 Å². The van der Waals surface area contributed by atoms with Crippen LogP contribution in [0, 0.1) is 0 Å². The lowest BCUT2D eigenvalue weighted by Gasteiger charge is -2.13. The number of nitrogens with zero attached hydrogens (tertiary/aromatic N) is 1. The van der Waals surface area contributed by atoms with Gasteiger partial charge in [-0.1, -0.05) is 25.4 Å². The molecule has 0 saturated carbocycles. The van der Waals surface area contributed by atoms with Crippen LogP contribution in [0.5, 0.6) is 5.75 Å². The van der Waals surface area contributed by atoms with Gasteiger partial charge in [-0.2, -0.15) is 0 Å². The number of thiazole rings is 1. The average Bonchev–Trinajstić information content (AvgIpc) is 2.88. The van der Waals surface area contributed by atoms with Crippen molar-refractivity contribution < 1.29 is 4.74 Å². The molecular weight excluding hydrogens is 280 g/mol. The Hall–Kier alpha value is -1.10. The third kappa shape index (κ3) is 4.49. The topological polar surface area (TPSA) is 34.1 Å². The Morgan fingerprint density at radius 1 is 1.42 bits per heavy atom. The minimum absolute atomic E-state index is 0.422. The van der Waals surface area contributed by atoms with Crippen molar-refractivity contribution >= 4 is 22.9 Å². The number of nitrogens with one attached hydrogen (secondary N) is 1. The zero-order valence-corrected chi connectivity index (χ0v) is 12.6. The van der Waals surface area contributed by atoms with Crippen LogP contribution in [0.25, 0.3) is 0 Å². The first-order chi connectivity index (χ1) is 9.15. The van der Waals surface area contributed by atoms with Crippen LogP contribution in [0.1, 0.15) is 25.1 Å². The molecule has 0 unspecified atom stereocenters. The van der Waals surface area contributed by atoms with Crippen molar-refractivity contribution in [3.8, 4) is 5.75 Å². The lowest BCUT2D eigenvalue weighted by Crippen LogP contribution is -2.22. The fraction of sp³-hybridized carbons (Fsp3) is 0.357. The van der Waals surface area contributed by atoms with Crippen LogP contribution in [0.3, 0.4) is 0 Å². The van der Waals surface area contributed by atoms with Gasteiger partial charge in [0.05, 0.1) is 11.2 Å². The summed E-state index contributed by atoms with van der Waals surface area (Å²) in [6, 6.07) is 6.11. The Labute approximate surface area is 122 Å². The maximum Gasteiger partial charge on any atom is 0.131 e. The first-order valence-electron chi connectivity index (χ1n) is 6.17. The minimum atomic E-state index is 0.422. The summed E-state index contributed by atoms with van der Waals surface area (Å²) in [4.78, 5) is 4.20. The molecule has 102 valence electrons. The highest BCUT2D eigenvalue weighted by atomic mass is 35.5. The SMILES string of the molecule is CC(C)NCc1cc(Cl)ccc1OCc1cscn1. The molecular formula is C14H17ClN2OS. The highest BCUT2D eigenvalue weighted by molar-refractivity contribution is 7.07. The molecule has 1 heterocycles. The van der Waals surface area contributed by atoms with E-state index in [0.29, 0.717) is 12.6 Å². The Balaban J connectivity index is 2.05. The highest BCUT2D eigenvalue weighted by Gasteiger charge is 2.06. The quantitative estimate of drug-likeness (QED) is 0.878. The maximum absolute atomic E-state index is 6.04. The standard InChI is InChI=1S/C14H17ClN2OS/c1-10(2)16-6-11-5-12(15)3-4-14(11)18-7-13-8-19-9-17-13/h3-5,8-10,16H,6-7H2,1-2H3. The summed E-state index contributed by atoms with van der Waals surface area (Å²) in [6.07, 6.45) is 0.